The molecule has 1 unspecified atom stereocenters. The quantitative estimate of drug-likeness (QED) is 0.0377. The highest BCUT2D eigenvalue weighted by Gasteiger charge is 2.32. The van der Waals surface area contributed by atoms with Gasteiger partial charge in [-0.1, -0.05) is 194 Å². The molecule has 304 valence electrons. The molecule has 2 N–H and O–H groups in total. The Labute approximate surface area is 317 Å². The van der Waals surface area contributed by atoms with Gasteiger partial charge in [-0.05, 0) is 12.8 Å². The fourth-order valence-electron chi connectivity index (χ4n) is 7.13. The lowest BCUT2D eigenvalue weighted by molar-refractivity contribution is -0.814. The molecule has 1 heterocycles. The van der Waals surface area contributed by atoms with Gasteiger partial charge in [-0.25, -0.2) is 4.99 Å². The molecule has 8 nitrogen and oxygen atoms in total. The zero-order chi connectivity index (χ0) is 37.7. The van der Waals surface area contributed by atoms with Crippen molar-refractivity contribution in [2.24, 2.45) is 4.99 Å². The summed E-state index contributed by atoms with van der Waals surface area (Å²) in [5.41, 5.74) is 0. The topological polar surface area (TPSA) is 105 Å². The Kier molecular flexibility index (Phi) is 35.2. The van der Waals surface area contributed by atoms with Gasteiger partial charge in [-0.3, -0.25) is 18.0 Å². The van der Waals surface area contributed by atoms with E-state index in [1.165, 1.54) is 192 Å². The number of quaternary nitrogens is 1. The molecule has 0 saturated carbocycles. The lowest BCUT2D eigenvalue weighted by Gasteiger charge is -2.30. The highest BCUT2D eigenvalue weighted by atomic mass is 32.3. The Morgan fingerprint density at radius 1 is 0.647 bits per heavy atom. The first-order valence-electron chi connectivity index (χ1n) is 21.9. The molecule has 0 spiro atoms. The average Bonchev–Trinajstić information content (AvgIpc) is 3.47. The molecule has 51 heavy (non-hydrogen) atoms. The van der Waals surface area contributed by atoms with Crippen LogP contribution in [0.25, 0.3) is 0 Å². The molecular weight excluding hydrogens is 659 g/mol. The van der Waals surface area contributed by atoms with Gasteiger partial charge in [0.2, 0.25) is 5.91 Å². The van der Waals surface area contributed by atoms with Gasteiger partial charge in [-0.15, -0.1) is 0 Å². The van der Waals surface area contributed by atoms with E-state index < -0.39 is 10.4 Å². The van der Waals surface area contributed by atoms with E-state index in [0.717, 1.165) is 50.6 Å². The number of amidine groups is 1. The summed E-state index contributed by atoms with van der Waals surface area (Å²) in [6, 6.07) is 0. The first-order valence-corrected chi connectivity index (χ1v) is 23.2. The number of nitrogens with one attached hydrogen (secondary N) is 1. The second-order valence-corrected chi connectivity index (χ2v) is 16.7. The fraction of sp³-hybridized carbons (Fsp3) is 0.952. The van der Waals surface area contributed by atoms with Crippen molar-refractivity contribution in [3.63, 3.8) is 0 Å². The van der Waals surface area contributed by atoms with Gasteiger partial charge in [0, 0.05) is 12.8 Å². The van der Waals surface area contributed by atoms with E-state index in [9.17, 15) is 13.2 Å². The number of hydrogen-bond donors (Lipinski definition) is 2. The first-order chi connectivity index (χ1) is 24.7. The van der Waals surface area contributed by atoms with Crippen molar-refractivity contribution < 1.29 is 26.4 Å². The Balaban J connectivity index is 0.00000381. The summed E-state index contributed by atoms with van der Waals surface area (Å²) < 4.78 is 30.7. The van der Waals surface area contributed by atoms with E-state index in [0.29, 0.717) is 6.42 Å². The number of aliphatic imine (C=N–C) groups is 1. The predicted octanol–water partition coefficient (Wildman–Crippen LogP) is 11.9. The van der Waals surface area contributed by atoms with Gasteiger partial charge in [0.1, 0.15) is 13.1 Å². The molecule has 0 fully saturated rings. The molecule has 0 saturated heterocycles. The third-order valence-electron chi connectivity index (χ3n) is 10.7. The summed E-state index contributed by atoms with van der Waals surface area (Å²) in [7, 11) is -0.960. The van der Waals surface area contributed by atoms with E-state index in [-0.39, 0.29) is 5.91 Å². The molecule has 1 amide bonds. The number of hydrogen-bond acceptors (Lipinski definition) is 5. The highest BCUT2D eigenvalue weighted by molar-refractivity contribution is 7.80. The van der Waals surface area contributed by atoms with E-state index in [4.69, 9.17) is 9.55 Å². The van der Waals surface area contributed by atoms with Crippen LogP contribution >= 0.6 is 0 Å². The maximum Gasteiger partial charge on any atom is 0.397 e. The number of carbonyl (C=O) groups is 1. The van der Waals surface area contributed by atoms with Crippen molar-refractivity contribution in [1.29, 1.82) is 0 Å². The number of rotatable bonds is 36. The summed E-state index contributed by atoms with van der Waals surface area (Å²) in [4.78, 5) is 17.3. The van der Waals surface area contributed by atoms with Crippen molar-refractivity contribution in [2.75, 3.05) is 40.3 Å². The third-order valence-corrected chi connectivity index (χ3v) is 11.1. The van der Waals surface area contributed by atoms with Crippen molar-refractivity contribution in [3.8, 4) is 0 Å². The van der Waals surface area contributed by atoms with Gasteiger partial charge >= 0.3 is 10.4 Å². The van der Waals surface area contributed by atoms with Crippen molar-refractivity contribution in [1.82, 2.24) is 5.32 Å². The first kappa shape index (κ1) is 50.0. The maximum atomic E-state index is 12.4. The minimum Gasteiger partial charge on any atom is -0.350 e. The lowest BCUT2D eigenvalue weighted by Crippen LogP contribution is -2.51. The van der Waals surface area contributed by atoms with Crippen molar-refractivity contribution in [3.05, 3.63) is 0 Å². The summed E-state index contributed by atoms with van der Waals surface area (Å²) in [5, 5.41) is 3.22. The van der Waals surface area contributed by atoms with Crippen LogP contribution in [0.2, 0.25) is 0 Å². The molecule has 1 aliphatic heterocycles. The Bertz CT molecular complexity index is 914. The van der Waals surface area contributed by atoms with Gasteiger partial charge in [0.25, 0.3) is 0 Å². The van der Waals surface area contributed by atoms with Crippen LogP contribution in [0.5, 0.6) is 0 Å². The van der Waals surface area contributed by atoms with E-state index >= 15 is 0 Å². The molecule has 0 aromatic carbocycles. The van der Waals surface area contributed by atoms with Crippen LogP contribution in [0.3, 0.4) is 0 Å². The van der Waals surface area contributed by atoms with Gasteiger partial charge in [0.15, 0.2) is 5.84 Å². The molecular formula is C42H86N3O5S+. The van der Waals surface area contributed by atoms with Crippen molar-refractivity contribution >= 4 is 22.1 Å². The number of nitrogens with zero attached hydrogens (tertiary/aromatic N) is 2. The summed E-state index contributed by atoms with van der Waals surface area (Å²) in [6.07, 6.45) is 43.5. The van der Waals surface area contributed by atoms with Crippen LogP contribution in [0.4, 0.5) is 0 Å². The number of carbonyl (C=O) groups excluding carboxylic acids is 1. The second kappa shape index (κ2) is 36.0. The zero-order valence-electron chi connectivity index (χ0n) is 34.3. The number of likely N-dealkylation sites (N-methyl/N-ethyl adjacent to an activating group) is 1. The monoisotopic (exact) mass is 745 g/mol. The molecule has 1 aliphatic rings. The fourth-order valence-corrected chi connectivity index (χ4v) is 7.13. The summed E-state index contributed by atoms with van der Waals surface area (Å²) >= 11 is 0. The SMILES string of the molecule is CCCCCCCCCCCCCCCCCC(=O)NCC[N+]1(C)CCN=C1CCCCCCCCCCCCCCCCC.COS(=O)(=O)O. The molecule has 1 rings (SSSR count). The molecule has 0 aromatic rings. The largest absolute Gasteiger partial charge is 0.397 e. The Hall–Kier alpha value is -1.03. The Morgan fingerprint density at radius 3 is 1.33 bits per heavy atom. The molecule has 9 heteroatoms. The summed E-state index contributed by atoms with van der Waals surface area (Å²) in [5.74, 6) is 1.62. The number of amides is 1. The molecule has 0 bridgehead atoms. The molecule has 1 atom stereocenters. The highest BCUT2D eigenvalue weighted by Crippen LogP contribution is 2.19. The molecule has 0 aromatic heterocycles. The normalized spacial score (nSPS) is 15.8. The second-order valence-electron chi connectivity index (χ2n) is 15.5. The summed E-state index contributed by atoms with van der Waals surface area (Å²) in [6.45, 7) is 8.42. The predicted molar refractivity (Wildman–Crippen MR) is 219 cm³/mol. The van der Waals surface area contributed by atoms with E-state index in [2.05, 4.69) is 30.4 Å². The lowest BCUT2D eigenvalue weighted by atomic mass is 10.0. The average molecular weight is 745 g/mol. The van der Waals surface area contributed by atoms with Crippen LogP contribution in [-0.4, -0.2) is 69.5 Å². The van der Waals surface area contributed by atoms with E-state index in [1.54, 1.807) is 0 Å². The van der Waals surface area contributed by atoms with Crippen LogP contribution in [-0.2, 0) is 19.4 Å². The maximum absolute atomic E-state index is 12.4. The van der Waals surface area contributed by atoms with Crippen LogP contribution in [0, 0.1) is 0 Å². The minimum atomic E-state index is -4.16. The minimum absolute atomic E-state index is 0.247. The van der Waals surface area contributed by atoms with Crippen LogP contribution < -0.4 is 5.32 Å². The van der Waals surface area contributed by atoms with Crippen LogP contribution in [0.15, 0.2) is 4.99 Å². The zero-order valence-corrected chi connectivity index (χ0v) is 35.2. The van der Waals surface area contributed by atoms with Gasteiger partial charge in [-0.2, -0.15) is 8.42 Å². The van der Waals surface area contributed by atoms with Gasteiger partial charge in [0.05, 0.1) is 27.2 Å². The Morgan fingerprint density at radius 2 is 0.980 bits per heavy atom. The molecule has 0 aliphatic carbocycles. The third kappa shape index (κ3) is 34.5. The van der Waals surface area contributed by atoms with Crippen LogP contribution in [0.1, 0.15) is 219 Å². The van der Waals surface area contributed by atoms with Gasteiger partial charge < -0.3 is 5.32 Å². The molecule has 0 radical (unpaired) electrons. The smallest absolute Gasteiger partial charge is 0.350 e. The number of unbranched alkanes of at least 4 members (excludes halogenated alkanes) is 28. The standard InChI is InChI=1S/C41H81N3O.CH4O4S/c1-4-6-8-10-12-14-16-18-20-22-24-26-28-30-32-34-40-42-36-38-44(40,3)39-37-43-41(45)35-33-31-29-27-25-23-21-19-17-15-13-11-9-7-5-2;1-5-6(2,3)4/h4-39H2,1-3H3;1H3,(H,2,3,4)/p+1. The van der Waals surface area contributed by atoms with Crippen molar-refractivity contribution in [2.45, 2.75) is 219 Å². The van der Waals surface area contributed by atoms with E-state index in [1.807, 2.05) is 0 Å².